The number of aliphatic carboxylic acids is 4. The first-order valence-electron chi connectivity index (χ1n) is 39.6. The molecule has 1 heterocycles. The van der Waals surface area contributed by atoms with Crippen molar-refractivity contribution < 1.29 is 112 Å². The number of carbonyl (C=O) groups excluding carboxylic acids is 15. The van der Waals surface area contributed by atoms with E-state index in [2.05, 4.69) is 79.1 Å². The third-order valence-corrected chi connectivity index (χ3v) is 18.3. The van der Waals surface area contributed by atoms with Gasteiger partial charge in [-0.2, -0.15) is 0 Å². The van der Waals surface area contributed by atoms with Crippen molar-refractivity contribution in [2.75, 3.05) is 26.2 Å². The maximum absolute atomic E-state index is 14.5. The lowest BCUT2D eigenvalue weighted by Crippen LogP contribution is -2.61. The van der Waals surface area contributed by atoms with Crippen molar-refractivity contribution in [3.8, 4) is 0 Å². The zero-order valence-electron chi connectivity index (χ0n) is 70.0. The van der Waals surface area contributed by atoms with Gasteiger partial charge in [0.2, 0.25) is 88.6 Å². The van der Waals surface area contributed by atoms with Gasteiger partial charge in [0, 0.05) is 32.5 Å². The molecular formula is C74H128N22O23. The second-order valence-corrected chi connectivity index (χ2v) is 31.7. The van der Waals surface area contributed by atoms with Crippen LogP contribution < -0.4 is 104 Å². The van der Waals surface area contributed by atoms with Gasteiger partial charge in [-0.25, -0.2) is 4.79 Å². The lowest BCUT2D eigenvalue weighted by Gasteiger charge is -2.31. The van der Waals surface area contributed by atoms with Crippen molar-refractivity contribution in [1.82, 2.24) is 74.0 Å². The Labute approximate surface area is 690 Å². The predicted octanol–water partition coefficient (Wildman–Crippen LogP) is -5.97. The Kier molecular flexibility index (Phi) is 46.9. The van der Waals surface area contributed by atoms with Crippen LogP contribution in [0.25, 0.3) is 0 Å². The number of aliphatic imine (C=N–C) groups is 2. The van der Waals surface area contributed by atoms with E-state index in [0.717, 1.165) is 0 Å². The van der Waals surface area contributed by atoms with Crippen LogP contribution in [0.4, 0.5) is 0 Å². The van der Waals surface area contributed by atoms with E-state index >= 15 is 0 Å². The van der Waals surface area contributed by atoms with Crippen molar-refractivity contribution in [2.24, 2.45) is 79.9 Å². The van der Waals surface area contributed by atoms with Gasteiger partial charge in [-0.3, -0.25) is 96.3 Å². The number of nitrogens with two attached hydrogens (primary N) is 6. The van der Waals surface area contributed by atoms with E-state index < -0.39 is 254 Å². The van der Waals surface area contributed by atoms with Crippen molar-refractivity contribution in [2.45, 2.75) is 277 Å². The fraction of sp³-hybridized carbons (Fsp3) is 0.716. The summed E-state index contributed by atoms with van der Waals surface area (Å²) in [6, 6.07) is -21.3. The van der Waals surface area contributed by atoms with E-state index in [1.54, 1.807) is 55.4 Å². The number of carbonyl (C=O) groups is 19. The number of amides is 15. The molecule has 45 heteroatoms. The minimum Gasteiger partial charge on any atom is -0.481 e. The van der Waals surface area contributed by atoms with Gasteiger partial charge in [0.15, 0.2) is 11.9 Å². The molecular weight excluding hydrogens is 1560 g/mol. The second kappa shape index (κ2) is 53.0. The minimum absolute atomic E-state index is 0.00830. The zero-order valence-corrected chi connectivity index (χ0v) is 70.0. The van der Waals surface area contributed by atoms with Gasteiger partial charge in [-0.1, -0.05) is 83.1 Å². The molecule has 0 aromatic carbocycles. The lowest BCUT2D eigenvalue weighted by atomic mass is 9.98. The van der Waals surface area contributed by atoms with Crippen LogP contribution in [0.2, 0.25) is 0 Å². The molecule has 15 amide bonds. The Morgan fingerprint density at radius 1 is 0.387 bits per heavy atom. The molecule has 0 spiro atoms. The van der Waals surface area contributed by atoms with Gasteiger partial charge in [-0.15, -0.1) is 0 Å². The summed E-state index contributed by atoms with van der Waals surface area (Å²) in [5.74, 6) is -24.0. The van der Waals surface area contributed by atoms with Crippen LogP contribution in [0.3, 0.4) is 0 Å². The second-order valence-electron chi connectivity index (χ2n) is 31.7. The third-order valence-electron chi connectivity index (χ3n) is 18.3. The number of nitrogens with zero attached hydrogens (tertiary/aromatic N) is 3. The number of hydrogen-bond acceptors (Lipinski definition) is 22. The summed E-state index contributed by atoms with van der Waals surface area (Å²) in [5.41, 5.74) is 33.1. The van der Waals surface area contributed by atoms with Crippen LogP contribution >= 0.6 is 0 Å². The summed E-state index contributed by atoms with van der Waals surface area (Å²) < 4.78 is 0. The highest BCUT2D eigenvalue weighted by molar-refractivity contribution is 6.01. The molecule has 1 fully saturated rings. The lowest BCUT2D eigenvalue weighted by molar-refractivity contribution is -0.145. The first kappa shape index (κ1) is 105. The number of hydrogen-bond donors (Lipinski definition) is 23. The Bertz CT molecular complexity index is 3590. The Hall–Kier alpha value is -11.6. The van der Waals surface area contributed by atoms with Gasteiger partial charge >= 0.3 is 23.9 Å². The topological polar surface area (TPSA) is 746 Å². The van der Waals surface area contributed by atoms with Gasteiger partial charge in [0.05, 0.1) is 25.4 Å². The van der Waals surface area contributed by atoms with E-state index in [-0.39, 0.29) is 113 Å². The highest BCUT2D eigenvalue weighted by Crippen LogP contribution is 2.22. The van der Waals surface area contributed by atoms with Crippen LogP contribution in [0.15, 0.2) is 9.98 Å². The SMILES string of the molecule is CC(C)C[C@H](NC(=O)CNC(=O)[C@H](CC(=O)O)NC(=O)[C@@H](N)CC(C)C)C(=O)N[C@@H](CC(=O)O)C(=O)N[C@H](C(=O)N[C@@H](CC(C)C)C(=O)N[C@@H](CC(C)C)C(=O)N[C@@H](C)C(=O)N[C@@H](CCC(N)=O)C(=O)N[C@@H](CCC(=O)O)C(=O)N[C@H](C(=O)N[C@@H](CCCN=C(N)N)C(=O)N1CCC[C@H]1C(=O)N[C@@H](CCCN=C(N)N)C(=O)O)C(C)C)C(C)C. The van der Waals surface area contributed by atoms with Crippen molar-refractivity contribution >= 4 is 124 Å². The van der Waals surface area contributed by atoms with Gasteiger partial charge in [0.25, 0.3) is 0 Å². The standard InChI is InChI=1S/C74H128N22O23/c1-34(2)27-41(75)60(106)90-49(31-55(101)102)61(107)83-33-53(98)85-46(28-35(3)4)65(111)92-50(32-56(103)104)67(113)95-58(39(11)12)70(116)93-48(30-37(7)8)66(112)91-47(29-36(5)6)64(110)84-40(13)59(105)86-42(20-22-52(76)97)62(108)87-43(21-23-54(99)100)63(109)94-57(38(9)10)69(115)88-44(17-14-24-81-73(77)78)71(117)96-26-16-19-51(96)68(114)89-45(72(118)119)18-15-25-82-74(79)80/h34-51,57-58H,14-33,75H2,1-13H3,(H2,76,97)(H,83,107)(H,84,110)(H,85,98)(H,86,105)(H,87,108)(H,88,115)(H,89,114)(H,90,106)(H,91,112)(H,92,111)(H,93,116)(H,94,109)(H,95,113)(H,99,100)(H,101,102)(H,103,104)(H,118,119)(H4,77,78,81)(H4,79,80,82)/t40-,41-,42-,43-,44-,45-,46-,47-,48-,49-,50-,51-,57-,58-/m0/s1. The van der Waals surface area contributed by atoms with E-state index in [1.165, 1.54) is 39.5 Å². The monoisotopic (exact) mass is 1690 g/mol. The Balaban J connectivity index is 3.53. The highest BCUT2D eigenvalue weighted by Gasteiger charge is 2.42. The van der Waals surface area contributed by atoms with Crippen molar-refractivity contribution in [3.05, 3.63) is 0 Å². The molecule has 0 unspecified atom stereocenters. The first-order valence-corrected chi connectivity index (χ1v) is 39.6. The molecule has 0 aromatic heterocycles. The number of guanidine groups is 2. The molecule has 119 heavy (non-hydrogen) atoms. The molecule has 0 aliphatic carbocycles. The number of carboxylic acids is 4. The smallest absolute Gasteiger partial charge is 0.326 e. The average Bonchev–Trinajstić information content (AvgIpc) is 1.75. The van der Waals surface area contributed by atoms with Gasteiger partial charge < -0.3 is 129 Å². The normalized spacial score (nSPS) is 15.8. The van der Waals surface area contributed by atoms with Crippen LogP contribution in [0, 0.1) is 35.5 Å². The fourth-order valence-corrected chi connectivity index (χ4v) is 12.3. The van der Waals surface area contributed by atoms with Crippen LogP contribution in [-0.2, 0) is 91.1 Å². The molecule has 672 valence electrons. The molecule has 14 atom stereocenters. The number of likely N-dealkylation sites (tertiary alicyclic amines) is 1. The summed E-state index contributed by atoms with van der Waals surface area (Å²) in [4.78, 5) is 265. The molecule has 0 saturated carbocycles. The molecule has 0 bridgehead atoms. The molecule has 0 radical (unpaired) electrons. The first-order chi connectivity index (χ1) is 55.3. The molecule has 1 saturated heterocycles. The third kappa shape index (κ3) is 41.4. The summed E-state index contributed by atoms with van der Waals surface area (Å²) in [7, 11) is 0. The highest BCUT2D eigenvalue weighted by atomic mass is 16.4. The van der Waals surface area contributed by atoms with E-state index in [9.17, 15) is 112 Å². The van der Waals surface area contributed by atoms with Gasteiger partial charge in [0.1, 0.15) is 78.5 Å². The maximum Gasteiger partial charge on any atom is 0.326 e. The van der Waals surface area contributed by atoms with Crippen LogP contribution in [-0.4, -0.2) is 260 Å². The largest absolute Gasteiger partial charge is 0.481 e. The van der Waals surface area contributed by atoms with Crippen LogP contribution in [0.5, 0.6) is 0 Å². The number of primary amides is 1. The van der Waals surface area contributed by atoms with E-state index in [1.807, 2.05) is 0 Å². The molecule has 29 N–H and O–H groups in total. The Morgan fingerprint density at radius 2 is 0.765 bits per heavy atom. The van der Waals surface area contributed by atoms with Crippen LogP contribution in [0.1, 0.15) is 193 Å². The molecule has 1 aliphatic heterocycles. The van der Waals surface area contributed by atoms with E-state index in [0.29, 0.717) is 6.42 Å². The van der Waals surface area contributed by atoms with Gasteiger partial charge in [-0.05, 0) is 119 Å². The molecule has 45 nitrogen and oxygen atoms in total. The number of nitrogens with one attached hydrogen (secondary N) is 13. The molecule has 0 aromatic rings. The van der Waals surface area contributed by atoms with Crippen molar-refractivity contribution in [1.29, 1.82) is 0 Å². The number of rotatable bonds is 56. The maximum atomic E-state index is 14.5. The number of carboxylic acid groups (broad SMARTS) is 4. The summed E-state index contributed by atoms with van der Waals surface area (Å²) in [5, 5.41) is 70.7. The molecule has 1 rings (SSSR count). The van der Waals surface area contributed by atoms with E-state index in [4.69, 9.17) is 34.4 Å². The van der Waals surface area contributed by atoms with Crippen molar-refractivity contribution in [3.63, 3.8) is 0 Å². The zero-order chi connectivity index (χ0) is 91.0. The average molecular weight is 1690 g/mol. The summed E-state index contributed by atoms with van der Waals surface area (Å²) >= 11 is 0. The predicted molar refractivity (Wildman–Crippen MR) is 429 cm³/mol. The quantitative estimate of drug-likeness (QED) is 0.0153. The minimum atomic E-state index is -1.91. The summed E-state index contributed by atoms with van der Waals surface area (Å²) in [6.45, 7) is 20.1. The molecule has 1 aliphatic rings. The fourth-order valence-electron chi connectivity index (χ4n) is 12.3. The summed E-state index contributed by atoms with van der Waals surface area (Å²) in [6.07, 6.45) is -4.11. The Morgan fingerprint density at radius 3 is 1.20 bits per heavy atom.